The fraction of sp³-hybridized carbons (Fsp3) is 0.333. The van der Waals surface area contributed by atoms with Crippen LogP contribution in [0.5, 0.6) is 0 Å². The fourth-order valence-corrected chi connectivity index (χ4v) is 2.20. The van der Waals surface area contributed by atoms with Crippen molar-refractivity contribution in [3.8, 4) is 0 Å². The minimum Gasteiger partial charge on any atom is -0.468 e. The highest BCUT2D eigenvalue weighted by molar-refractivity contribution is 5.56. The van der Waals surface area contributed by atoms with E-state index >= 15 is 0 Å². The summed E-state index contributed by atoms with van der Waals surface area (Å²) in [4.78, 5) is 12.6. The molecule has 2 aromatic rings. The van der Waals surface area contributed by atoms with Crippen LogP contribution in [-0.2, 0) is 13.1 Å². The number of hydrogen-bond donors (Lipinski definition) is 1. The maximum Gasteiger partial charge on any atom is 0.269 e. The monoisotopic (exact) mass is 289 g/mol. The Morgan fingerprint density at radius 2 is 2.14 bits per heavy atom. The molecule has 0 atom stereocenters. The van der Waals surface area contributed by atoms with Crippen LogP contribution >= 0.6 is 0 Å². The molecular weight excluding hydrogens is 270 g/mol. The van der Waals surface area contributed by atoms with Gasteiger partial charge < -0.3 is 9.73 Å². The predicted octanol–water partition coefficient (Wildman–Crippen LogP) is 3.25. The van der Waals surface area contributed by atoms with Crippen LogP contribution in [-0.4, -0.2) is 23.4 Å². The Morgan fingerprint density at radius 3 is 2.76 bits per heavy atom. The third-order valence-corrected chi connectivity index (χ3v) is 3.11. The number of nitro benzene ring substituents is 1. The van der Waals surface area contributed by atoms with E-state index in [0.29, 0.717) is 13.1 Å². The van der Waals surface area contributed by atoms with Crippen LogP contribution in [0.1, 0.15) is 18.2 Å². The van der Waals surface area contributed by atoms with Gasteiger partial charge >= 0.3 is 0 Å². The Balaban J connectivity index is 2.15. The maximum atomic E-state index is 10.9. The number of hydrogen-bond acceptors (Lipinski definition) is 5. The molecule has 112 valence electrons. The normalized spacial score (nSPS) is 10.8. The summed E-state index contributed by atoms with van der Waals surface area (Å²) < 4.78 is 5.32. The Labute approximate surface area is 123 Å². The first kappa shape index (κ1) is 15.1. The summed E-state index contributed by atoms with van der Waals surface area (Å²) >= 11 is 0. The second-order valence-electron chi connectivity index (χ2n) is 4.88. The average Bonchev–Trinajstić information content (AvgIpc) is 2.93. The number of non-ortho nitro benzene ring substituents is 1. The molecule has 0 fully saturated rings. The van der Waals surface area contributed by atoms with Gasteiger partial charge in [-0.25, -0.2) is 0 Å². The number of anilines is 1. The van der Waals surface area contributed by atoms with E-state index < -0.39 is 0 Å². The molecule has 2 rings (SSSR count). The lowest BCUT2D eigenvalue weighted by molar-refractivity contribution is -0.384. The van der Waals surface area contributed by atoms with Gasteiger partial charge in [0.1, 0.15) is 5.76 Å². The number of benzene rings is 1. The molecule has 6 heteroatoms. The second kappa shape index (κ2) is 6.90. The zero-order valence-electron chi connectivity index (χ0n) is 12.2. The van der Waals surface area contributed by atoms with Gasteiger partial charge in [-0.2, -0.15) is 0 Å². The van der Waals surface area contributed by atoms with Crippen molar-refractivity contribution in [1.29, 1.82) is 0 Å². The molecule has 0 amide bonds. The van der Waals surface area contributed by atoms with Gasteiger partial charge in [-0.15, -0.1) is 0 Å². The third kappa shape index (κ3) is 4.06. The highest BCUT2D eigenvalue weighted by Crippen LogP contribution is 2.23. The minimum absolute atomic E-state index is 0.109. The largest absolute Gasteiger partial charge is 0.468 e. The van der Waals surface area contributed by atoms with Crippen LogP contribution < -0.4 is 5.32 Å². The lowest BCUT2D eigenvalue weighted by atomic mass is 10.1. The number of nitro groups is 1. The van der Waals surface area contributed by atoms with Gasteiger partial charge in [0.05, 0.1) is 17.7 Å². The van der Waals surface area contributed by atoms with E-state index in [9.17, 15) is 10.1 Å². The molecule has 1 aromatic carbocycles. The topological polar surface area (TPSA) is 71.6 Å². The average molecular weight is 289 g/mol. The molecule has 6 nitrogen and oxygen atoms in total. The molecule has 0 saturated heterocycles. The highest BCUT2D eigenvalue weighted by atomic mass is 16.6. The number of rotatable bonds is 7. The van der Waals surface area contributed by atoms with Crippen LogP contribution in [0.15, 0.2) is 41.0 Å². The molecule has 0 saturated carbocycles. The summed E-state index contributed by atoms with van der Waals surface area (Å²) in [5.74, 6) is 0.868. The molecule has 1 heterocycles. The quantitative estimate of drug-likeness (QED) is 0.625. The second-order valence-corrected chi connectivity index (χ2v) is 4.88. The molecule has 1 aromatic heterocycles. The summed E-state index contributed by atoms with van der Waals surface area (Å²) in [5.41, 5.74) is 1.94. The van der Waals surface area contributed by atoms with Gasteiger partial charge in [0.25, 0.3) is 5.69 Å². The molecular formula is C15H19N3O3. The number of nitrogens with one attached hydrogen (secondary N) is 1. The van der Waals surface area contributed by atoms with E-state index in [1.165, 1.54) is 6.07 Å². The zero-order valence-corrected chi connectivity index (χ0v) is 12.2. The molecule has 0 bridgehead atoms. The van der Waals surface area contributed by atoms with Crippen molar-refractivity contribution < 1.29 is 9.34 Å². The summed E-state index contributed by atoms with van der Waals surface area (Å²) in [6.07, 6.45) is 1.64. The van der Waals surface area contributed by atoms with Gasteiger partial charge in [0, 0.05) is 30.9 Å². The molecule has 0 spiro atoms. The van der Waals surface area contributed by atoms with Gasteiger partial charge in [0.2, 0.25) is 0 Å². The lowest BCUT2D eigenvalue weighted by Crippen LogP contribution is -2.18. The van der Waals surface area contributed by atoms with Crippen molar-refractivity contribution in [3.05, 3.63) is 58.0 Å². The first-order chi connectivity index (χ1) is 10.1. The SMILES string of the molecule is CCNc1ccc([N+](=O)[O-])cc1CN(C)Cc1ccco1. The predicted molar refractivity (Wildman–Crippen MR) is 81.1 cm³/mol. The smallest absolute Gasteiger partial charge is 0.269 e. The molecule has 21 heavy (non-hydrogen) atoms. The maximum absolute atomic E-state index is 10.9. The Hall–Kier alpha value is -2.34. The number of furan rings is 1. The van der Waals surface area contributed by atoms with E-state index in [1.54, 1.807) is 18.4 Å². The fourth-order valence-electron chi connectivity index (χ4n) is 2.20. The number of nitrogens with zero attached hydrogens (tertiary/aromatic N) is 2. The molecule has 0 aliphatic heterocycles. The standard InChI is InChI=1S/C15H19N3O3/c1-3-16-15-7-6-13(18(19)20)9-12(15)10-17(2)11-14-5-4-8-21-14/h4-9,16H,3,10-11H2,1-2H3. The molecule has 1 N–H and O–H groups in total. The van der Waals surface area contributed by atoms with Crippen molar-refractivity contribution in [1.82, 2.24) is 4.90 Å². The van der Waals surface area contributed by atoms with Crippen molar-refractivity contribution in [2.75, 3.05) is 18.9 Å². The van der Waals surface area contributed by atoms with Crippen LogP contribution in [0.3, 0.4) is 0 Å². The third-order valence-electron chi connectivity index (χ3n) is 3.11. The minimum atomic E-state index is -0.369. The lowest BCUT2D eigenvalue weighted by Gasteiger charge is -2.18. The van der Waals surface area contributed by atoms with Gasteiger partial charge in [-0.3, -0.25) is 15.0 Å². The first-order valence-electron chi connectivity index (χ1n) is 6.82. The van der Waals surface area contributed by atoms with Gasteiger partial charge in [-0.1, -0.05) is 0 Å². The summed E-state index contributed by atoms with van der Waals surface area (Å²) in [7, 11) is 1.96. The molecule has 0 aliphatic carbocycles. The summed E-state index contributed by atoms with van der Waals surface area (Å²) in [5, 5.41) is 14.2. The Kier molecular flexibility index (Phi) is 4.94. The molecule has 0 unspecified atom stereocenters. The first-order valence-corrected chi connectivity index (χ1v) is 6.82. The van der Waals surface area contributed by atoms with Gasteiger partial charge in [-0.05, 0) is 37.7 Å². The Bertz CT molecular complexity index is 596. The Morgan fingerprint density at radius 1 is 1.33 bits per heavy atom. The van der Waals surface area contributed by atoms with Crippen molar-refractivity contribution in [2.24, 2.45) is 0 Å². The summed E-state index contributed by atoms with van der Waals surface area (Å²) in [6, 6.07) is 8.66. The van der Waals surface area contributed by atoms with Crippen LogP contribution in [0.25, 0.3) is 0 Å². The molecule has 0 aliphatic rings. The van der Waals surface area contributed by atoms with Crippen molar-refractivity contribution >= 4 is 11.4 Å². The van der Waals surface area contributed by atoms with E-state index in [2.05, 4.69) is 10.2 Å². The van der Waals surface area contributed by atoms with Crippen LogP contribution in [0.2, 0.25) is 0 Å². The van der Waals surface area contributed by atoms with E-state index in [4.69, 9.17) is 4.42 Å². The summed E-state index contributed by atoms with van der Waals surface area (Å²) in [6.45, 7) is 4.02. The van der Waals surface area contributed by atoms with Crippen LogP contribution in [0.4, 0.5) is 11.4 Å². The van der Waals surface area contributed by atoms with Gasteiger partial charge in [0.15, 0.2) is 0 Å². The highest BCUT2D eigenvalue weighted by Gasteiger charge is 2.13. The van der Waals surface area contributed by atoms with Crippen LogP contribution in [0, 0.1) is 10.1 Å². The van der Waals surface area contributed by atoms with E-state index in [1.807, 2.05) is 26.1 Å². The zero-order chi connectivity index (χ0) is 15.2. The molecule has 0 radical (unpaired) electrons. The van der Waals surface area contributed by atoms with E-state index in [-0.39, 0.29) is 10.6 Å². The van der Waals surface area contributed by atoms with Crippen molar-refractivity contribution in [3.63, 3.8) is 0 Å². The van der Waals surface area contributed by atoms with Crippen molar-refractivity contribution in [2.45, 2.75) is 20.0 Å². The van der Waals surface area contributed by atoms with E-state index in [0.717, 1.165) is 23.6 Å².